The van der Waals surface area contributed by atoms with E-state index in [1.54, 1.807) is 25.3 Å². The van der Waals surface area contributed by atoms with Gasteiger partial charge in [0.25, 0.3) is 11.8 Å². The molecule has 0 bridgehead atoms. The fourth-order valence-corrected chi connectivity index (χ4v) is 3.71. The molecular formula is C23H25N7O3. The average Bonchev–Trinajstić information content (AvgIpc) is 2.78. The number of aromatic nitrogens is 3. The molecule has 1 aromatic heterocycles. The molecular weight excluding hydrogens is 422 g/mol. The van der Waals surface area contributed by atoms with Gasteiger partial charge in [-0.15, -0.1) is 10.2 Å². The maximum Gasteiger partial charge on any atom is 0.273 e. The maximum absolute atomic E-state index is 12.7. The van der Waals surface area contributed by atoms with E-state index < -0.39 is 11.8 Å². The van der Waals surface area contributed by atoms with E-state index in [9.17, 15) is 9.59 Å². The second-order valence-electron chi connectivity index (χ2n) is 7.95. The van der Waals surface area contributed by atoms with Gasteiger partial charge in [0.05, 0.1) is 12.8 Å². The Kier molecular flexibility index (Phi) is 6.18. The average molecular weight is 447 g/mol. The number of fused-ring (bicyclic) bond motifs is 1. The van der Waals surface area contributed by atoms with E-state index in [4.69, 9.17) is 10.5 Å². The Hall–Kier alpha value is -4.05. The summed E-state index contributed by atoms with van der Waals surface area (Å²) in [4.78, 5) is 31.1. The van der Waals surface area contributed by atoms with Gasteiger partial charge < -0.3 is 26.0 Å². The number of methoxy groups -OCH3 is 1. The van der Waals surface area contributed by atoms with Crippen LogP contribution in [0, 0.1) is 6.92 Å². The first-order valence-corrected chi connectivity index (χ1v) is 10.4. The topological polar surface area (TPSA) is 135 Å². The lowest BCUT2D eigenvalue weighted by Gasteiger charge is -2.26. The van der Waals surface area contributed by atoms with Gasteiger partial charge in [0.2, 0.25) is 5.95 Å². The van der Waals surface area contributed by atoms with E-state index in [-0.39, 0.29) is 17.5 Å². The number of rotatable bonds is 6. The molecule has 3 aromatic rings. The number of carbonyl (C=O) groups excluding carboxylic acids is 2. The number of nitrogens with two attached hydrogens (primary N) is 1. The predicted octanol–water partition coefficient (Wildman–Crippen LogP) is 2.27. The highest BCUT2D eigenvalue weighted by molar-refractivity contribution is 6.07. The van der Waals surface area contributed by atoms with E-state index in [1.807, 2.05) is 25.1 Å². The van der Waals surface area contributed by atoms with Crippen LogP contribution in [-0.2, 0) is 13.0 Å². The van der Waals surface area contributed by atoms with E-state index in [2.05, 4.69) is 37.8 Å². The zero-order valence-corrected chi connectivity index (χ0v) is 18.7. The van der Waals surface area contributed by atoms with Crippen molar-refractivity contribution in [1.29, 1.82) is 0 Å². The highest BCUT2D eigenvalue weighted by Crippen LogP contribution is 2.33. The lowest BCUT2D eigenvalue weighted by atomic mass is 9.99. The van der Waals surface area contributed by atoms with Crippen molar-refractivity contribution in [3.63, 3.8) is 0 Å². The molecule has 10 heteroatoms. The van der Waals surface area contributed by atoms with E-state index >= 15 is 0 Å². The van der Waals surface area contributed by atoms with Crippen molar-refractivity contribution in [2.45, 2.75) is 19.9 Å². The number of ether oxygens (including phenoxy) is 1. The van der Waals surface area contributed by atoms with Crippen molar-refractivity contribution < 1.29 is 14.3 Å². The van der Waals surface area contributed by atoms with Crippen LogP contribution in [0.15, 0.2) is 36.4 Å². The minimum atomic E-state index is -0.850. The van der Waals surface area contributed by atoms with Crippen molar-refractivity contribution in [3.05, 3.63) is 64.3 Å². The van der Waals surface area contributed by atoms with Crippen molar-refractivity contribution in [2.24, 2.45) is 5.73 Å². The summed E-state index contributed by atoms with van der Waals surface area (Å²) >= 11 is 0. The van der Waals surface area contributed by atoms with E-state index in [1.165, 1.54) is 11.1 Å². The highest BCUT2D eigenvalue weighted by Gasteiger charge is 2.20. The molecule has 1 aliphatic rings. The molecule has 4 rings (SSSR count). The molecule has 10 nitrogen and oxygen atoms in total. The Morgan fingerprint density at radius 3 is 2.70 bits per heavy atom. The molecule has 2 aromatic carbocycles. The number of nitrogens with zero attached hydrogens (tertiary/aromatic N) is 4. The number of likely N-dealkylation sites (N-methyl/N-ethyl adjacent to an activating group) is 1. The summed E-state index contributed by atoms with van der Waals surface area (Å²) in [7, 11) is 3.66. The molecule has 0 spiro atoms. The van der Waals surface area contributed by atoms with Crippen molar-refractivity contribution in [1.82, 2.24) is 20.1 Å². The Labute approximate surface area is 191 Å². The van der Waals surface area contributed by atoms with Crippen molar-refractivity contribution in [3.8, 4) is 5.75 Å². The van der Waals surface area contributed by atoms with Gasteiger partial charge in [-0.3, -0.25) is 9.59 Å². The number of nitrogens with one attached hydrogen (secondary N) is 2. The Balaban J connectivity index is 1.64. The molecule has 0 saturated heterocycles. The summed E-state index contributed by atoms with van der Waals surface area (Å²) in [6.07, 6.45) is 0.905. The van der Waals surface area contributed by atoms with Crippen LogP contribution >= 0.6 is 0 Å². The first-order valence-electron chi connectivity index (χ1n) is 10.4. The molecule has 0 unspecified atom stereocenters. The standard InChI is InChI=1S/C23H25N7O3/c1-13-5-4-6-15(9-13)22(32)26-21-19(20(24)31)28-29-23(27-21)25-17-10-14-7-8-30(2)12-16(14)11-18(17)33-3/h4-6,9-11H,7-8,12H2,1-3H3,(H2,24,31)(H2,25,26,27,29,32). The summed E-state index contributed by atoms with van der Waals surface area (Å²) in [5.41, 5.74) is 9.57. The molecule has 0 saturated carbocycles. The lowest BCUT2D eigenvalue weighted by molar-refractivity contribution is 0.0995. The quantitative estimate of drug-likeness (QED) is 0.524. The monoisotopic (exact) mass is 447 g/mol. The Bertz CT molecular complexity index is 1230. The van der Waals surface area contributed by atoms with Gasteiger partial charge in [-0.2, -0.15) is 4.98 Å². The van der Waals surface area contributed by atoms with Crippen LogP contribution in [-0.4, -0.2) is 52.6 Å². The van der Waals surface area contributed by atoms with Gasteiger partial charge in [0.15, 0.2) is 11.5 Å². The number of hydrogen-bond acceptors (Lipinski definition) is 8. The third kappa shape index (κ3) is 4.90. The number of carbonyl (C=O) groups is 2. The SMILES string of the molecule is COc1cc2c(cc1Nc1nnc(C(N)=O)c(NC(=O)c3cccc(C)c3)n1)CCN(C)C2. The highest BCUT2D eigenvalue weighted by atomic mass is 16.5. The third-order valence-corrected chi connectivity index (χ3v) is 5.40. The summed E-state index contributed by atoms with van der Waals surface area (Å²) in [6.45, 7) is 3.68. The summed E-state index contributed by atoms with van der Waals surface area (Å²) in [5.74, 6) is -0.660. The van der Waals surface area contributed by atoms with Crippen LogP contribution < -0.4 is 21.1 Å². The number of amides is 2. The minimum Gasteiger partial charge on any atom is -0.495 e. The van der Waals surface area contributed by atoms with Crippen LogP contribution in [0.3, 0.4) is 0 Å². The molecule has 0 aliphatic carbocycles. The minimum absolute atomic E-state index is 0.0787. The molecule has 170 valence electrons. The second kappa shape index (κ2) is 9.21. The zero-order valence-electron chi connectivity index (χ0n) is 18.7. The number of aryl methyl sites for hydroxylation is 1. The van der Waals surface area contributed by atoms with Gasteiger partial charge in [-0.25, -0.2) is 0 Å². The molecule has 0 fully saturated rings. The third-order valence-electron chi connectivity index (χ3n) is 5.40. The van der Waals surface area contributed by atoms with Crippen LogP contribution in [0.1, 0.15) is 37.5 Å². The van der Waals surface area contributed by atoms with Gasteiger partial charge in [-0.05, 0) is 55.8 Å². The van der Waals surface area contributed by atoms with Crippen LogP contribution in [0.4, 0.5) is 17.5 Å². The summed E-state index contributed by atoms with van der Waals surface area (Å²) < 4.78 is 5.54. The van der Waals surface area contributed by atoms with Gasteiger partial charge in [0, 0.05) is 18.7 Å². The van der Waals surface area contributed by atoms with E-state index in [0.29, 0.717) is 17.0 Å². The number of primary amides is 1. The molecule has 1 aliphatic heterocycles. The molecule has 0 radical (unpaired) electrons. The fraction of sp³-hybridized carbons (Fsp3) is 0.261. The molecule has 2 heterocycles. The Morgan fingerprint density at radius 2 is 1.97 bits per heavy atom. The van der Waals surface area contributed by atoms with Crippen LogP contribution in [0.5, 0.6) is 5.75 Å². The van der Waals surface area contributed by atoms with Crippen molar-refractivity contribution in [2.75, 3.05) is 31.3 Å². The number of benzene rings is 2. The molecule has 33 heavy (non-hydrogen) atoms. The van der Waals surface area contributed by atoms with Gasteiger partial charge in [-0.1, -0.05) is 17.7 Å². The molecule has 0 atom stereocenters. The molecule has 4 N–H and O–H groups in total. The Morgan fingerprint density at radius 1 is 1.15 bits per heavy atom. The first kappa shape index (κ1) is 22.2. The van der Waals surface area contributed by atoms with Crippen molar-refractivity contribution >= 4 is 29.3 Å². The predicted molar refractivity (Wildman–Crippen MR) is 124 cm³/mol. The zero-order chi connectivity index (χ0) is 23.5. The van der Waals surface area contributed by atoms with Crippen LogP contribution in [0.25, 0.3) is 0 Å². The molecule has 2 amide bonds. The number of anilines is 3. The fourth-order valence-electron chi connectivity index (χ4n) is 3.71. The van der Waals surface area contributed by atoms with E-state index in [0.717, 1.165) is 25.1 Å². The number of hydrogen-bond donors (Lipinski definition) is 3. The second-order valence-corrected chi connectivity index (χ2v) is 7.95. The van der Waals surface area contributed by atoms with Gasteiger partial charge in [0.1, 0.15) is 5.75 Å². The first-order chi connectivity index (χ1) is 15.8. The largest absolute Gasteiger partial charge is 0.495 e. The normalized spacial score (nSPS) is 13.2. The summed E-state index contributed by atoms with van der Waals surface area (Å²) in [5, 5.41) is 13.5. The summed E-state index contributed by atoms with van der Waals surface area (Å²) in [6, 6.07) is 11.0. The smallest absolute Gasteiger partial charge is 0.273 e. The van der Waals surface area contributed by atoms with Gasteiger partial charge >= 0.3 is 0 Å². The van der Waals surface area contributed by atoms with Crippen LogP contribution in [0.2, 0.25) is 0 Å². The maximum atomic E-state index is 12.7. The lowest BCUT2D eigenvalue weighted by Crippen LogP contribution is -2.26.